The average Bonchev–Trinajstić information content (AvgIpc) is 2.63. The number of halogens is 2. The van der Waals surface area contributed by atoms with Crippen molar-refractivity contribution in [2.75, 3.05) is 12.3 Å². The lowest BCUT2D eigenvalue weighted by molar-refractivity contribution is 0.613. The van der Waals surface area contributed by atoms with Gasteiger partial charge in [-0.2, -0.15) is 0 Å². The van der Waals surface area contributed by atoms with Gasteiger partial charge in [0, 0.05) is 11.1 Å². The van der Waals surface area contributed by atoms with Crippen LogP contribution in [0.1, 0.15) is 24.4 Å². The Hall–Kier alpha value is -0.800. The van der Waals surface area contributed by atoms with E-state index in [4.69, 9.17) is 17.3 Å². The lowest BCUT2D eigenvalue weighted by Gasteiger charge is -2.14. The molecule has 0 amide bonds. The second-order valence-corrected chi connectivity index (χ2v) is 3.98. The van der Waals surface area contributed by atoms with Crippen LogP contribution in [0.2, 0.25) is 5.02 Å². The number of nitrogens with one attached hydrogen (secondary N) is 1. The summed E-state index contributed by atoms with van der Waals surface area (Å²) in [4.78, 5) is 0. The monoisotopic (exact) mass is 214 g/mol. The highest BCUT2D eigenvalue weighted by atomic mass is 35.5. The normalized spacial score (nSPS) is 21.4. The summed E-state index contributed by atoms with van der Waals surface area (Å²) >= 11 is 5.78. The van der Waals surface area contributed by atoms with Gasteiger partial charge >= 0.3 is 0 Å². The van der Waals surface area contributed by atoms with Crippen LogP contribution in [0.5, 0.6) is 0 Å². The Labute approximate surface area is 87.2 Å². The minimum Gasteiger partial charge on any atom is -0.396 e. The highest BCUT2D eigenvalue weighted by molar-refractivity contribution is 6.30. The van der Waals surface area contributed by atoms with E-state index in [2.05, 4.69) is 5.32 Å². The molecule has 1 aromatic rings. The molecular weight excluding hydrogens is 203 g/mol. The maximum atomic E-state index is 13.3. The third-order valence-corrected chi connectivity index (χ3v) is 2.78. The van der Waals surface area contributed by atoms with Gasteiger partial charge in [-0.15, -0.1) is 0 Å². The summed E-state index contributed by atoms with van der Waals surface area (Å²) < 4.78 is 13.3. The molecule has 0 spiro atoms. The van der Waals surface area contributed by atoms with E-state index in [1.165, 1.54) is 6.07 Å². The topological polar surface area (TPSA) is 38.0 Å². The van der Waals surface area contributed by atoms with Crippen LogP contribution in [-0.2, 0) is 0 Å². The number of nitrogen functional groups attached to an aromatic ring is 1. The molecule has 3 N–H and O–H groups in total. The Morgan fingerprint density at radius 3 is 2.93 bits per heavy atom. The molecule has 0 aliphatic carbocycles. The molecule has 2 nitrogen and oxygen atoms in total. The Balaban J connectivity index is 2.40. The van der Waals surface area contributed by atoms with Crippen molar-refractivity contribution in [1.29, 1.82) is 0 Å². The number of anilines is 1. The Bertz CT molecular complexity index is 348. The SMILES string of the molecule is Nc1c(F)cc(Cl)cc1C1CCCN1. The first kappa shape index (κ1) is 9.74. The molecule has 1 atom stereocenters. The number of hydrogen-bond acceptors (Lipinski definition) is 2. The van der Waals surface area contributed by atoms with Gasteiger partial charge in [0.2, 0.25) is 0 Å². The summed E-state index contributed by atoms with van der Waals surface area (Å²) in [5.74, 6) is -0.429. The van der Waals surface area contributed by atoms with E-state index in [1.54, 1.807) is 6.07 Å². The van der Waals surface area contributed by atoms with Crippen LogP contribution in [0.4, 0.5) is 10.1 Å². The van der Waals surface area contributed by atoms with Crippen LogP contribution in [-0.4, -0.2) is 6.54 Å². The zero-order valence-corrected chi connectivity index (χ0v) is 8.44. The van der Waals surface area contributed by atoms with Crippen LogP contribution in [0, 0.1) is 5.82 Å². The second kappa shape index (κ2) is 3.75. The number of nitrogens with two attached hydrogens (primary N) is 1. The predicted octanol–water partition coefficient (Wildman–Crippen LogP) is 2.49. The van der Waals surface area contributed by atoms with Gasteiger partial charge in [-0.25, -0.2) is 4.39 Å². The fourth-order valence-electron chi connectivity index (χ4n) is 1.84. The minimum atomic E-state index is -0.429. The zero-order chi connectivity index (χ0) is 10.1. The average molecular weight is 215 g/mol. The first-order valence-electron chi connectivity index (χ1n) is 4.66. The smallest absolute Gasteiger partial charge is 0.147 e. The van der Waals surface area contributed by atoms with Crippen molar-refractivity contribution in [3.8, 4) is 0 Å². The van der Waals surface area contributed by atoms with Gasteiger partial charge in [0.1, 0.15) is 5.82 Å². The predicted molar refractivity (Wildman–Crippen MR) is 55.8 cm³/mol. The van der Waals surface area contributed by atoms with Crippen LogP contribution in [0.25, 0.3) is 0 Å². The fraction of sp³-hybridized carbons (Fsp3) is 0.400. The number of benzene rings is 1. The molecule has 1 aromatic carbocycles. The van der Waals surface area contributed by atoms with Crippen molar-refractivity contribution >= 4 is 17.3 Å². The molecule has 0 saturated carbocycles. The molecule has 1 heterocycles. The summed E-state index contributed by atoms with van der Waals surface area (Å²) in [7, 11) is 0. The van der Waals surface area contributed by atoms with E-state index in [0.717, 1.165) is 24.9 Å². The van der Waals surface area contributed by atoms with E-state index in [-0.39, 0.29) is 11.7 Å². The molecule has 76 valence electrons. The van der Waals surface area contributed by atoms with E-state index in [0.29, 0.717) is 5.02 Å². The van der Waals surface area contributed by atoms with Crippen LogP contribution in [0.3, 0.4) is 0 Å². The Morgan fingerprint density at radius 1 is 1.50 bits per heavy atom. The molecule has 2 rings (SSSR count). The maximum absolute atomic E-state index is 13.3. The Kier molecular flexibility index (Phi) is 2.61. The summed E-state index contributed by atoms with van der Waals surface area (Å²) in [5, 5.41) is 3.67. The van der Waals surface area contributed by atoms with E-state index in [1.807, 2.05) is 0 Å². The van der Waals surface area contributed by atoms with E-state index in [9.17, 15) is 4.39 Å². The molecule has 1 fully saturated rings. The summed E-state index contributed by atoms with van der Waals surface area (Å²) in [5.41, 5.74) is 6.66. The molecule has 1 aliphatic rings. The third-order valence-electron chi connectivity index (χ3n) is 2.56. The van der Waals surface area contributed by atoms with Gasteiger partial charge < -0.3 is 11.1 Å². The molecule has 1 saturated heterocycles. The molecule has 1 unspecified atom stereocenters. The largest absolute Gasteiger partial charge is 0.396 e. The van der Waals surface area contributed by atoms with Crippen LogP contribution >= 0.6 is 11.6 Å². The molecular formula is C10H12ClFN2. The fourth-order valence-corrected chi connectivity index (χ4v) is 2.06. The Morgan fingerprint density at radius 2 is 2.29 bits per heavy atom. The second-order valence-electron chi connectivity index (χ2n) is 3.54. The summed E-state index contributed by atoms with van der Waals surface area (Å²) in [6, 6.07) is 3.14. The highest BCUT2D eigenvalue weighted by Crippen LogP contribution is 2.31. The number of hydrogen-bond donors (Lipinski definition) is 2. The lowest BCUT2D eigenvalue weighted by Crippen LogP contribution is -2.15. The summed E-state index contributed by atoms with van der Waals surface area (Å²) in [6.45, 7) is 0.957. The van der Waals surface area contributed by atoms with Gasteiger partial charge in [-0.05, 0) is 37.1 Å². The summed E-state index contributed by atoms with van der Waals surface area (Å²) in [6.07, 6.45) is 2.09. The van der Waals surface area contributed by atoms with Gasteiger partial charge in [0.05, 0.1) is 5.69 Å². The maximum Gasteiger partial charge on any atom is 0.147 e. The van der Waals surface area contributed by atoms with Crippen molar-refractivity contribution in [3.63, 3.8) is 0 Å². The van der Waals surface area contributed by atoms with Gasteiger partial charge in [-0.3, -0.25) is 0 Å². The minimum absolute atomic E-state index is 0.156. The van der Waals surface area contributed by atoms with Crippen LogP contribution in [0.15, 0.2) is 12.1 Å². The molecule has 14 heavy (non-hydrogen) atoms. The van der Waals surface area contributed by atoms with E-state index < -0.39 is 5.82 Å². The first-order chi connectivity index (χ1) is 6.68. The molecule has 0 radical (unpaired) electrons. The van der Waals surface area contributed by atoms with Crippen molar-refractivity contribution in [2.24, 2.45) is 0 Å². The van der Waals surface area contributed by atoms with Crippen molar-refractivity contribution in [1.82, 2.24) is 5.32 Å². The van der Waals surface area contributed by atoms with Crippen molar-refractivity contribution < 1.29 is 4.39 Å². The first-order valence-corrected chi connectivity index (χ1v) is 5.04. The third kappa shape index (κ3) is 1.70. The van der Waals surface area contributed by atoms with Gasteiger partial charge in [0.15, 0.2) is 0 Å². The van der Waals surface area contributed by atoms with Crippen molar-refractivity contribution in [3.05, 3.63) is 28.5 Å². The lowest BCUT2D eigenvalue weighted by atomic mass is 10.0. The molecule has 0 bridgehead atoms. The van der Waals surface area contributed by atoms with E-state index >= 15 is 0 Å². The molecule has 1 aliphatic heterocycles. The van der Waals surface area contributed by atoms with Crippen LogP contribution < -0.4 is 11.1 Å². The molecule has 0 aromatic heterocycles. The van der Waals surface area contributed by atoms with Gasteiger partial charge in [0.25, 0.3) is 0 Å². The van der Waals surface area contributed by atoms with Gasteiger partial charge in [-0.1, -0.05) is 11.6 Å². The highest BCUT2D eigenvalue weighted by Gasteiger charge is 2.20. The molecule has 4 heteroatoms. The zero-order valence-electron chi connectivity index (χ0n) is 7.69. The van der Waals surface area contributed by atoms with Crippen molar-refractivity contribution in [2.45, 2.75) is 18.9 Å². The number of rotatable bonds is 1. The standard InChI is InChI=1S/C10H12ClFN2/c11-6-4-7(9-2-1-3-14-9)10(13)8(12)5-6/h4-5,9,14H,1-3,13H2. The quantitative estimate of drug-likeness (QED) is 0.705.